The molecular formula is C15H10F3N3OS3. The van der Waals surface area contributed by atoms with Gasteiger partial charge in [-0.3, -0.25) is 10.1 Å². The fraction of sp³-hybridized carbons (Fsp3) is 0.133. The highest BCUT2D eigenvalue weighted by molar-refractivity contribution is 7.98. The van der Waals surface area contributed by atoms with Crippen molar-refractivity contribution in [3.8, 4) is 0 Å². The lowest BCUT2D eigenvalue weighted by molar-refractivity contribution is -0.140. The second-order valence-electron chi connectivity index (χ2n) is 4.75. The Labute approximate surface area is 153 Å². The molecule has 25 heavy (non-hydrogen) atoms. The van der Waals surface area contributed by atoms with Gasteiger partial charge in [-0.15, -0.1) is 34.4 Å². The molecule has 0 spiro atoms. The van der Waals surface area contributed by atoms with E-state index in [1.165, 1.54) is 23.1 Å². The molecule has 3 rings (SSSR count). The first-order valence-corrected chi connectivity index (χ1v) is 9.67. The lowest BCUT2D eigenvalue weighted by Crippen LogP contribution is -2.13. The summed E-state index contributed by atoms with van der Waals surface area (Å²) in [6.07, 6.45) is -4.53. The molecule has 2 heterocycles. The molecule has 4 nitrogen and oxygen atoms in total. The van der Waals surface area contributed by atoms with Gasteiger partial charge in [-0.1, -0.05) is 12.1 Å². The summed E-state index contributed by atoms with van der Waals surface area (Å²) < 4.78 is 37.8. The molecule has 0 radical (unpaired) electrons. The smallest absolute Gasteiger partial charge is 0.298 e. The van der Waals surface area contributed by atoms with Gasteiger partial charge in [0.1, 0.15) is 0 Å². The van der Waals surface area contributed by atoms with Crippen molar-refractivity contribution in [2.24, 2.45) is 0 Å². The number of hydrogen-bond acceptors (Lipinski definition) is 6. The number of benzene rings is 1. The number of amides is 1. The number of alkyl halides is 3. The zero-order valence-electron chi connectivity index (χ0n) is 12.4. The van der Waals surface area contributed by atoms with Crippen LogP contribution in [0, 0.1) is 0 Å². The highest BCUT2D eigenvalue weighted by atomic mass is 32.2. The molecule has 130 valence electrons. The fourth-order valence-electron chi connectivity index (χ4n) is 1.87. The van der Waals surface area contributed by atoms with E-state index >= 15 is 0 Å². The summed E-state index contributed by atoms with van der Waals surface area (Å²) in [5, 5.41) is 5.13. The first kappa shape index (κ1) is 17.9. The molecule has 0 bridgehead atoms. The first-order chi connectivity index (χ1) is 11.9. The summed E-state index contributed by atoms with van der Waals surface area (Å²) >= 11 is 3.67. The summed E-state index contributed by atoms with van der Waals surface area (Å²) in [5.74, 6) is 0.105. The van der Waals surface area contributed by atoms with Crippen LogP contribution in [0.5, 0.6) is 0 Å². The van der Waals surface area contributed by atoms with Gasteiger partial charge in [-0.2, -0.15) is 13.2 Å². The van der Waals surface area contributed by atoms with Crippen LogP contribution >= 0.6 is 34.4 Å². The molecule has 1 N–H and O–H groups in total. The van der Waals surface area contributed by atoms with Gasteiger partial charge >= 0.3 is 6.18 Å². The average molecular weight is 401 g/mol. The third-order valence-corrected chi connectivity index (χ3v) is 5.51. The van der Waals surface area contributed by atoms with E-state index in [0.717, 1.165) is 27.3 Å². The molecule has 0 atom stereocenters. The number of thioether (sulfide) groups is 1. The van der Waals surface area contributed by atoms with Crippen LogP contribution in [0.4, 0.5) is 18.3 Å². The lowest BCUT2D eigenvalue weighted by atomic mass is 10.2. The largest absolute Gasteiger partial charge is 0.434 e. The van der Waals surface area contributed by atoms with E-state index in [4.69, 9.17) is 0 Å². The Balaban J connectivity index is 1.72. The number of halogens is 3. The average Bonchev–Trinajstić information content (AvgIpc) is 3.24. The number of rotatable bonds is 5. The summed E-state index contributed by atoms with van der Waals surface area (Å²) in [5.41, 5.74) is 2.00. The maximum atomic E-state index is 12.6. The van der Waals surface area contributed by atoms with E-state index in [0.29, 0.717) is 11.3 Å². The normalized spacial score (nSPS) is 11.5. The van der Waals surface area contributed by atoms with Gasteiger partial charge in [0.15, 0.2) is 10.8 Å². The predicted molar refractivity (Wildman–Crippen MR) is 93.2 cm³/mol. The Kier molecular flexibility index (Phi) is 5.40. The minimum absolute atomic E-state index is 0.0865. The van der Waals surface area contributed by atoms with Crippen molar-refractivity contribution in [2.45, 2.75) is 16.8 Å². The Hall–Kier alpha value is -1.91. The summed E-state index contributed by atoms with van der Waals surface area (Å²) in [6.45, 7) is 0. The number of nitrogens with zero attached hydrogens (tertiary/aromatic N) is 2. The lowest BCUT2D eigenvalue weighted by Gasteiger charge is -2.08. The number of aromatic nitrogens is 2. The number of nitrogens with one attached hydrogen (secondary N) is 1. The highest BCUT2D eigenvalue weighted by Crippen LogP contribution is 2.32. The van der Waals surface area contributed by atoms with Gasteiger partial charge in [0.25, 0.3) is 5.91 Å². The molecule has 2 aromatic heterocycles. The summed E-state index contributed by atoms with van der Waals surface area (Å²) in [6, 6.07) is 6.90. The Morgan fingerprint density at radius 1 is 1.24 bits per heavy atom. The van der Waals surface area contributed by atoms with E-state index < -0.39 is 17.8 Å². The number of thiazole rings is 2. The standard InChI is InChI=1S/C15H10F3N3OS3/c16-15(17,18)12-7-25-14(20-12)21-13(22)10-3-1-2-4-11(10)24-6-9-5-23-8-19-9/h1-5,7-8H,6H2,(H,20,21,22). The molecular weight excluding hydrogens is 391 g/mol. The zero-order valence-corrected chi connectivity index (χ0v) is 14.9. The van der Waals surface area contributed by atoms with Gasteiger partial charge in [-0.05, 0) is 12.1 Å². The number of carbonyl (C=O) groups excluding carboxylic acids is 1. The van der Waals surface area contributed by atoms with E-state index in [1.807, 2.05) is 5.38 Å². The van der Waals surface area contributed by atoms with Crippen molar-refractivity contribution in [1.82, 2.24) is 9.97 Å². The minimum atomic E-state index is -4.53. The van der Waals surface area contributed by atoms with Gasteiger partial charge in [0.2, 0.25) is 0 Å². The van der Waals surface area contributed by atoms with E-state index in [9.17, 15) is 18.0 Å². The van der Waals surface area contributed by atoms with Gasteiger partial charge in [-0.25, -0.2) is 9.97 Å². The molecule has 0 aliphatic carbocycles. The topological polar surface area (TPSA) is 54.9 Å². The van der Waals surface area contributed by atoms with E-state index in [-0.39, 0.29) is 5.13 Å². The van der Waals surface area contributed by atoms with Crippen molar-refractivity contribution < 1.29 is 18.0 Å². The van der Waals surface area contributed by atoms with Crippen LogP contribution in [0.3, 0.4) is 0 Å². The van der Waals surface area contributed by atoms with Crippen molar-refractivity contribution >= 4 is 45.5 Å². The molecule has 0 aliphatic heterocycles. The van der Waals surface area contributed by atoms with Crippen molar-refractivity contribution in [2.75, 3.05) is 5.32 Å². The molecule has 0 fully saturated rings. The molecule has 0 saturated carbocycles. The summed E-state index contributed by atoms with van der Waals surface area (Å²) in [4.78, 5) is 20.7. The molecule has 0 unspecified atom stereocenters. The fourth-order valence-corrected chi connectivity index (χ4v) is 4.19. The monoisotopic (exact) mass is 401 g/mol. The third kappa shape index (κ3) is 4.59. The SMILES string of the molecule is O=C(Nc1nc(C(F)(F)F)cs1)c1ccccc1SCc1cscn1. The quantitative estimate of drug-likeness (QED) is 0.600. The maximum absolute atomic E-state index is 12.6. The van der Waals surface area contributed by atoms with Crippen molar-refractivity contribution in [3.05, 3.63) is 57.5 Å². The Morgan fingerprint density at radius 3 is 2.72 bits per heavy atom. The molecule has 1 aromatic carbocycles. The van der Waals surface area contributed by atoms with Crippen LogP contribution in [0.15, 0.2) is 45.4 Å². The second kappa shape index (κ2) is 7.54. The highest BCUT2D eigenvalue weighted by Gasteiger charge is 2.34. The van der Waals surface area contributed by atoms with Crippen LogP contribution in [0.2, 0.25) is 0 Å². The molecule has 10 heteroatoms. The summed E-state index contributed by atoms with van der Waals surface area (Å²) in [7, 11) is 0. The number of carbonyl (C=O) groups is 1. The van der Waals surface area contributed by atoms with Crippen LogP contribution in [-0.2, 0) is 11.9 Å². The number of anilines is 1. The number of hydrogen-bond donors (Lipinski definition) is 1. The van der Waals surface area contributed by atoms with E-state index in [2.05, 4.69) is 15.3 Å². The van der Waals surface area contributed by atoms with Gasteiger partial charge < -0.3 is 0 Å². The molecule has 3 aromatic rings. The second-order valence-corrected chi connectivity index (χ2v) is 7.35. The molecule has 0 saturated heterocycles. The first-order valence-electron chi connectivity index (χ1n) is 6.86. The Morgan fingerprint density at radius 2 is 2.04 bits per heavy atom. The van der Waals surface area contributed by atoms with Crippen LogP contribution in [0.25, 0.3) is 0 Å². The Bertz CT molecular complexity index is 862. The third-order valence-electron chi connectivity index (χ3n) is 3.01. The van der Waals surface area contributed by atoms with Gasteiger partial charge in [0.05, 0.1) is 16.8 Å². The van der Waals surface area contributed by atoms with Gasteiger partial charge in [0, 0.05) is 21.4 Å². The van der Waals surface area contributed by atoms with Crippen LogP contribution in [-0.4, -0.2) is 15.9 Å². The molecule has 0 aliphatic rings. The van der Waals surface area contributed by atoms with E-state index in [1.54, 1.807) is 29.8 Å². The molecule has 1 amide bonds. The van der Waals surface area contributed by atoms with Crippen molar-refractivity contribution in [1.29, 1.82) is 0 Å². The maximum Gasteiger partial charge on any atom is 0.434 e. The minimum Gasteiger partial charge on any atom is -0.298 e. The van der Waals surface area contributed by atoms with Crippen LogP contribution < -0.4 is 5.32 Å². The zero-order chi connectivity index (χ0) is 17.9. The van der Waals surface area contributed by atoms with Crippen LogP contribution in [0.1, 0.15) is 21.7 Å². The predicted octanol–water partition coefficient (Wildman–Crippen LogP) is 5.16. The van der Waals surface area contributed by atoms with Crippen molar-refractivity contribution in [3.63, 3.8) is 0 Å².